The van der Waals surface area contributed by atoms with Gasteiger partial charge in [-0.15, -0.1) is 0 Å². The van der Waals surface area contributed by atoms with Crippen LogP contribution in [0.3, 0.4) is 0 Å². The van der Waals surface area contributed by atoms with Crippen LogP contribution in [0.4, 0.5) is 0 Å². The van der Waals surface area contributed by atoms with Gasteiger partial charge in [0.1, 0.15) is 0 Å². The van der Waals surface area contributed by atoms with Gasteiger partial charge in [-0.05, 0) is 27.5 Å². The van der Waals surface area contributed by atoms with Gasteiger partial charge >= 0.3 is 0 Å². The summed E-state index contributed by atoms with van der Waals surface area (Å²) in [7, 11) is 0. The van der Waals surface area contributed by atoms with Gasteiger partial charge in [-0.25, -0.2) is 0 Å². The van der Waals surface area contributed by atoms with Crippen molar-refractivity contribution < 1.29 is 0 Å². The van der Waals surface area contributed by atoms with Crippen LogP contribution >= 0.6 is 0 Å². The lowest BCUT2D eigenvalue weighted by molar-refractivity contribution is 0.367. The normalized spacial score (nSPS) is 12.1. The maximum absolute atomic E-state index is 2.39. The van der Waals surface area contributed by atoms with Gasteiger partial charge in [-0.1, -0.05) is 108 Å². The van der Waals surface area contributed by atoms with E-state index >= 15 is 0 Å². The van der Waals surface area contributed by atoms with E-state index in [9.17, 15) is 0 Å². The van der Waals surface area contributed by atoms with Crippen molar-refractivity contribution >= 4 is 6.08 Å². The lowest BCUT2D eigenvalue weighted by Crippen LogP contribution is -2.22. The molecular weight excluding hydrogens is 264 g/mol. The predicted molar refractivity (Wildman–Crippen MR) is 98.8 cm³/mol. The summed E-state index contributed by atoms with van der Waals surface area (Å²) >= 11 is 0. The third-order valence-corrected chi connectivity index (χ3v) is 3.96. The van der Waals surface area contributed by atoms with Crippen LogP contribution in [0.1, 0.15) is 47.1 Å². The Morgan fingerprint density at radius 2 is 1.18 bits per heavy atom. The van der Waals surface area contributed by atoms with Crippen LogP contribution in [0.5, 0.6) is 0 Å². The lowest BCUT2D eigenvalue weighted by atomic mass is 9.71. The lowest BCUT2D eigenvalue weighted by Gasteiger charge is -2.34. The fourth-order valence-electron chi connectivity index (χ4n) is 3.22. The number of hydrogen-bond donors (Lipinski definition) is 0. The second-order valence-electron chi connectivity index (χ2n) is 8.01. The summed E-state index contributed by atoms with van der Waals surface area (Å²) in [6.45, 7) is 13.8. The first-order chi connectivity index (χ1) is 10.2. The van der Waals surface area contributed by atoms with Crippen molar-refractivity contribution in [2.24, 2.45) is 10.8 Å². The third kappa shape index (κ3) is 3.88. The molecule has 2 rings (SSSR count). The zero-order chi connectivity index (χ0) is 16.4. The Balaban J connectivity index is 2.61. The zero-order valence-electron chi connectivity index (χ0n) is 14.8. The molecule has 0 amide bonds. The van der Waals surface area contributed by atoms with Crippen molar-refractivity contribution in [2.75, 3.05) is 0 Å². The maximum atomic E-state index is 2.39. The Kier molecular flexibility index (Phi) is 4.60. The van der Waals surface area contributed by atoms with E-state index in [1.165, 1.54) is 22.3 Å². The first-order valence-electron chi connectivity index (χ1n) is 8.07. The van der Waals surface area contributed by atoms with Gasteiger partial charge < -0.3 is 0 Å². The number of benzene rings is 2. The minimum atomic E-state index is 0.155. The van der Waals surface area contributed by atoms with Crippen molar-refractivity contribution in [3.63, 3.8) is 0 Å². The summed E-state index contributed by atoms with van der Waals surface area (Å²) in [5.41, 5.74) is 5.66. The molecule has 0 aliphatic carbocycles. The van der Waals surface area contributed by atoms with Gasteiger partial charge in [0.05, 0.1) is 0 Å². The molecule has 0 heteroatoms. The van der Waals surface area contributed by atoms with E-state index in [1.807, 2.05) is 0 Å². The number of rotatable bonds is 2. The fourth-order valence-corrected chi connectivity index (χ4v) is 3.22. The number of allylic oxidation sites excluding steroid dienone is 1. The highest BCUT2D eigenvalue weighted by molar-refractivity contribution is 5.76. The van der Waals surface area contributed by atoms with Crippen molar-refractivity contribution in [3.8, 4) is 11.1 Å². The zero-order valence-corrected chi connectivity index (χ0v) is 14.8. The Hall–Kier alpha value is -1.82. The molecule has 22 heavy (non-hydrogen) atoms. The second kappa shape index (κ2) is 6.12. The van der Waals surface area contributed by atoms with Gasteiger partial charge in [0.15, 0.2) is 0 Å². The minimum Gasteiger partial charge on any atom is -0.0622 e. The average molecular weight is 292 g/mol. The molecule has 0 heterocycles. The summed E-state index contributed by atoms with van der Waals surface area (Å²) in [6, 6.07) is 19.3. The molecule has 116 valence electrons. The molecule has 0 nitrogen and oxygen atoms in total. The Bertz CT molecular complexity index is 630. The minimum absolute atomic E-state index is 0.155. The summed E-state index contributed by atoms with van der Waals surface area (Å²) in [4.78, 5) is 0. The topological polar surface area (TPSA) is 0 Å². The molecule has 0 aromatic heterocycles. The van der Waals surface area contributed by atoms with Gasteiger partial charge in [-0.3, -0.25) is 0 Å². The first-order valence-corrected chi connectivity index (χ1v) is 8.07. The van der Waals surface area contributed by atoms with Crippen molar-refractivity contribution in [3.05, 3.63) is 65.7 Å². The predicted octanol–water partition coefficient (Wildman–Crippen LogP) is 6.83. The van der Waals surface area contributed by atoms with E-state index in [1.54, 1.807) is 0 Å². The highest BCUT2D eigenvalue weighted by Crippen LogP contribution is 2.41. The molecule has 0 radical (unpaired) electrons. The largest absolute Gasteiger partial charge is 0.0622 e. The highest BCUT2D eigenvalue weighted by atomic mass is 14.3. The van der Waals surface area contributed by atoms with Crippen LogP contribution in [0.2, 0.25) is 0 Å². The van der Waals surface area contributed by atoms with E-state index < -0.39 is 0 Å². The molecule has 0 aliphatic rings. The van der Waals surface area contributed by atoms with E-state index in [-0.39, 0.29) is 10.8 Å². The maximum Gasteiger partial charge on any atom is -0.0111 e. The van der Waals surface area contributed by atoms with Gasteiger partial charge in [0.2, 0.25) is 0 Å². The molecule has 0 spiro atoms. The average Bonchev–Trinajstić information content (AvgIpc) is 2.43. The Morgan fingerprint density at radius 1 is 0.682 bits per heavy atom. The quantitative estimate of drug-likeness (QED) is 0.569. The van der Waals surface area contributed by atoms with E-state index in [0.717, 1.165) is 0 Å². The van der Waals surface area contributed by atoms with Crippen LogP contribution in [-0.2, 0) is 0 Å². The van der Waals surface area contributed by atoms with Crippen LogP contribution in [0, 0.1) is 10.8 Å². The molecule has 0 saturated carbocycles. The van der Waals surface area contributed by atoms with Crippen LogP contribution in [0.15, 0.2) is 60.2 Å². The van der Waals surface area contributed by atoms with Crippen LogP contribution in [-0.4, -0.2) is 0 Å². The van der Waals surface area contributed by atoms with E-state index in [4.69, 9.17) is 0 Å². The van der Waals surface area contributed by atoms with Crippen LogP contribution < -0.4 is 0 Å². The van der Waals surface area contributed by atoms with E-state index in [0.29, 0.717) is 0 Å². The summed E-state index contributed by atoms with van der Waals surface area (Å²) in [6.07, 6.45) is 2.39. The molecule has 0 aliphatic heterocycles. The standard InChI is InChI=1S/C22H28/c1-21(2,3)20(22(4,5)6)16-18-14-10-11-15-19(18)17-12-8-7-9-13-17/h7-16H,1-6H3. The second-order valence-corrected chi connectivity index (χ2v) is 8.01. The third-order valence-electron chi connectivity index (χ3n) is 3.96. The molecule has 0 atom stereocenters. The SMILES string of the molecule is CC(C)(C)C(=Cc1ccccc1-c1ccccc1)C(C)(C)C. The monoisotopic (exact) mass is 292 g/mol. The molecular formula is C22H28. The fraction of sp³-hybridized carbons (Fsp3) is 0.364. The van der Waals surface area contributed by atoms with Gasteiger partial charge in [-0.2, -0.15) is 0 Å². The molecule has 0 bridgehead atoms. The van der Waals surface area contributed by atoms with Gasteiger partial charge in [0, 0.05) is 0 Å². The smallest absolute Gasteiger partial charge is 0.0111 e. The molecule has 2 aromatic carbocycles. The molecule has 0 fully saturated rings. The molecule has 0 saturated heterocycles. The molecule has 2 aromatic rings. The highest BCUT2D eigenvalue weighted by Gasteiger charge is 2.28. The van der Waals surface area contributed by atoms with Crippen LogP contribution in [0.25, 0.3) is 17.2 Å². The molecule has 0 N–H and O–H groups in total. The molecule has 0 unspecified atom stereocenters. The number of hydrogen-bond acceptors (Lipinski definition) is 0. The summed E-state index contributed by atoms with van der Waals surface area (Å²) in [5, 5.41) is 0. The van der Waals surface area contributed by atoms with Crippen molar-refractivity contribution in [1.82, 2.24) is 0 Å². The summed E-state index contributed by atoms with van der Waals surface area (Å²) in [5.74, 6) is 0. The van der Waals surface area contributed by atoms with Gasteiger partial charge in [0.25, 0.3) is 0 Å². The van der Waals surface area contributed by atoms with Crippen molar-refractivity contribution in [2.45, 2.75) is 41.5 Å². The summed E-state index contributed by atoms with van der Waals surface area (Å²) < 4.78 is 0. The van der Waals surface area contributed by atoms with Crippen molar-refractivity contribution in [1.29, 1.82) is 0 Å². The Labute approximate surface area is 135 Å². The van der Waals surface area contributed by atoms with E-state index in [2.05, 4.69) is 102 Å². The first kappa shape index (κ1) is 16.5. The Morgan fingerprint density at radius 3 is 1.73 bits per heavy atom.